The maximum atomic E-state index is 11.4. The van der Waals surface area contributed by atoms with Crippen LogP contribution in [0.4, 0.5) is 17.1 Å². The summed E-state index contributed by atoms with van der Waals surface area (Å²) in [5.74, 6) is -0.583. The van der Waals surface area contributed by atoms with E-state index in [-0.39, 0.29) is 21.5 Å². The minimum atomic E-state index is -0.795. The van der Waals surface area contributed by atoms with Crippen LogP contribution in [0.25, 0.3) is 0 Å². The highest BCUT2D eigenvalue weighted by atomic mass is 35.5. The number of allylic oxidation sites excluding steroid dienone is 4. The van der Waals surface area contributed by atoms with Crippen molar-refractivity contribution in [2.45, 2.75) is 0 Å². The molecular formula is C12H5Cl2N3O5. The number of hydrogen-bond donors (Lipinski definition) is 0. The lowest BCUT2D eigenvalue weighted by molar-refractivity contribution is -0.393. The molecule has 1 aromatic carbocycles. The van der Waals surface area contributed by atoms with Crippen LogP contribution in [0.2, 0.25) is 0 Å². The molecule has 112 valence electrons. The summed E-state index contributed by atoms with van der Waals surface area (Å²) < 4.78 is 0. The monoisotopic (exact) mass is 341 g/mol. The number of carbonyl (C=O) groups excluding carboxylic acids is 1. The second-order valence-corrected chi connectivity index (χ2v) is 4.85. The Kier molecular flexibility index (Phi) is 4.34. The molecule has 1 aromatic rings. The summed E-state index contributed by atoms with van der Waals surface area (Å²) in [6, 6.07) is 3.00. The van der Waals surface area contributed by atoms with Crippen molar-refractivity contribution in [2.75, 3.05) is 0 Å². The van der Waals surface area contributed by atoms with Crippen molar-refractivity contribution in [3.63, 3.8) is 0 Å². The summed E-state index contributed by atoms with van der Waals surface area (Å²) in [5.41, 5.74) is -0.989. The highest BCUT2D eigenvalue weighted by Gasteiger charge is 2.21. The van der Waals surface area contributed by atoms with Gasteiger partial charge in [-0.15, -0.1) is 0 Å². The molecule has 0 aromatic heterocycles. The van der Waals surface area contributed by atoms with Crippen LogP contribution in [0.15, 0.2) is 45.4 Å². The van der Waals surface area contributed by atoms with Gasteiger partial charge in [-0.05, 0) is 18.2 Å². The fourth-order valence-corrected chi connectivity index (χ4v) is 2.09. The molecule has 0 aliphatic heterocycles. The van der Waals surface area contributed by atoms with Gasteiger partial charge < -0.3 is 0 Å². The normalized spacial score (nSPS) is 14.3. The standard InChI is InChI=1S/C12H5Cl2N3O5/c13-8-3-6(4-9(14)12(8)18)15-10-2-1-7(16(19)20)5-11(10)17(21)22/h1-5H. The Bertz CT molecular complexity index is 774. The SMILES string of the molecule is O=C1C(Cl)=CC(=Nc2ccc([N+](=O)[O-])cc2[N+](=O)[O-])C=C1Cl. The zero-order valence-corrected chi connectivity index (χ0v) is 12.0. The van der Waals surface area contributed by atoms with Crippen LogP contribution in [-0.4, -0.2) is 21.3 Å². The smallest absolute Gasteiger partial charge is 0.287 e. The van der Waals surface area contributed by atoms with Crippen LogP contribution in [0.3, 0.4) is 0 Å². The third-order valence-electron chi connectivity index (χ3n) is 2.60. The van der Waals surface area contributed by atoms with Gasteiger partial charge >= 0.3 is 5.69 Å². The fourth-order valence-electron chi connectivity index (χ4n) is 1.62. The molecule has 8 nitrogen and oxygen atoms in total. The lowest BCUT2D eigenvalue weighted by Crippen LogP contribution is -2.07. The highest BCUT2D eigenvalue weighted by molar-refractivity contribution is 6.57. The molecule has 0 fully saturated rings. The van der Waals surface area contributed by atoms with Crippen molar-refractivity contribution in [1.29, 1.82) is 0 Å². The van der Waals surface area contributed by atoms with Gasteiger partial charge in [0.15, 0.2) is 0 Å². The number of benzene rings is 1. The molecule has 1 aliphatic rings. The number of hydrogen-bond acceptors (Lipinski definition) is 6. The van der Waals surface area contributed by atoms with Gasteiger partial charge in [-0.1, -0.05) is 23.2 Å². The molecule has 0 amide bonds. The number of halogens is 2. The third-order valence-corrected chi connectivity index (χ3v) is 3.16. The number of ketones is 1. The second kappa shape index (κ2) is 6.04. The summed E-state index contributed by atoms with van der Waals surface area (Å²) >= 11 is 11.3. The highest BCUT2D eigenvalue weighted by Crippen LogP contribution is 2.32. The first-order chi connectivity index (χ1) is 10.3. The van der Waals surface area contributed by atoms with Crippen LogP contribution in [0, 0.1) is 20.2 Å². The summed E-state index contributed by atoms with van der Waals surface area (Å²) in [6.07, 6.45) is 2.39. The van der Waals surface area contributed by atoms with E-state index in [0.29, 0.717) is 0 Å². The molecule has 0 saturated heterocycles. The molecule has 0 bridgehead atoms. The Morgan fingerprint density at radius 1 is 1.00 bits per heavy atom. The number of nitro benzene ring substituents is 2. The van der Waals surface area contributed by atoms with E-state index in [4.69, 9.17) is 23.2 Å². The van der Waals surface area contributed by atoms with Crippen molar-refractivity contribution in [3.8, 4) is 0 Å². The summed E-state index contributed by atoms with van der Waals surface area (Å²) in [6.45, 7) is 0. The first-order valence-electron chi connectivity index (χ1n) is 5.60. The van der Waals surface area contributed by atoms with E-state index in [9.17, 15) is 25.0 Å². The number of non-ortho nitro benzene ring substituents is 1. The first-order valence-corrected chi connectivity index (χ1v) is 6.36. The van der Waals surface area contributed by atoms with E-state index in [2.05, 4.69) is 4.99 Å². The van der Waals surface area contributed by atoms with Crippen LogP contribution in [0.5, 0.6) is 0 Å². The zero-order chi connectivity index (χ0) is 16.4. The van der Waals surface area contributed by atoms with Gasteiger partial charge in [0, 0.05) is 6.07 Å². The maximum Gasteiger partial charge on any atom is 0.301 e. The van der Waals surface area contributed by atoms with Gasteiger partial charge in [0.25, 0.3) is 5.69 Å². The van der Waals surface area contributed by atoms with E-state index in [1.807, 2.05) is 0 Å². The average Bonchev–Trinajstić information content (AvgIpc) is 2.44. The molecule has 10 heteroatoms. The minimum absolute atomic E-state index is 0.117. The molecule has 0 spiro atoms. The van der Waals surface area contributed by atoms with E-state index in [0.717, 1.165) is 18.2 Å². The van der Waals surface area contributed by atoms with Crippen molar-refractivity contribution >= 4 is 51.8 Å². The van der Waals surface area contributed by atoms with Crippen molar-refractivity contribution in [1.82, 2.24) is 0 Å². The van der Waals surface area contributed by atoms with Gasteiger partial charge in [-0.2, -0.15) is 0 Å². The van der Waals surface area contributed by atoms with Gasteiger partial charge in [0.2, 0.25) is 5.78 Å². The molecule has 2 rings (SSSR count). The molecule has 0 atom stereocenters. The zero-order valence-electron chi connectivity index (χ0n) is 10.5. The van der Waals surface area contributed by atoms with Gasteiger partial charge in [-0.3, -0.25) is 25.0 Å². The minimum Gasteiger partial charge on any atom is -0.287 e. The average molecular weight is 342 g/mol. The maximum absolute atomic E-state index is 11.4. The van der Waals surface area contributed by atoms with Gasteiger partial charge in [0.05, 0.1) is 31.7 Å². The van der Waals surface area contributed by atoms with E-state index in [1.54, 1.807) is 0 Å². The number of carbonyl (C=O) groups is 1. The Labute approximate surface area is 132 Å². The van der Waals surface area contributed by atoms with Crippen molar-refractivity contribution in [2.24, 2.45) is 4.99 Å². The third kappa shape index (κ3) is 3.18. The predicted octanol–water partition coefficient (Wildman–Crippen LogP) is 3.40. The predicted molar refractivity (Wildman–Crippen MR) is 79.7 cm³/mol. The largest absolute Gasteiger partial charge is 0.301 e. The topological polar surface area (TPSA) is 116 Å². The molecular weight excluding hydrogens is 337 g/mol. The van der Waals surface area contributed by atoms with Gasteiger partial charge in [-0.25, -0.2) is 4.99 Å². The summed E-state index contributed by atoms with van der Waals surface area (Å²) in [5, 5.41) is 21.3. The molecule has 1 aliphatic carbocycles. The lowest BCUT2D eigenvalue weighted by Gasteiger charge is -2.06. The Hall–Kier alpha value is -2.58. The van der Waals surface area contributed by atoms with Crippen molar-refractivity contribution < 1.29 is 14.6 Å². The molecule has 0 saturated carbocycles. The van der Waals surface area contributed by atoms with Crippen LogP contribution >= 0.6 is 23.2 Å². The quantitative estimate of drug-likeness (QED) is 0.474. The number of nitro groups is 2. The Morgan fingerprint density at radius 3 is 2.09 bits per heavy atom. The van der Waals surface area contributed by atoms with Gasteiger partial charge in [0.1, 0.15) is 5.69 Å². The molecule has 0 radical (unpaired) electrons. The van der Waals surface area contributed by atoms with Crippen LogP contribution < -0.4 is 0 Å². The Morgan fingerprint density at radius 2 is 1.59 bits per heavy atom. The van der Waals surface area contributed by atoms with E-state index < -0.39 is 27.0 Å². The number of rotatable bonds is 3. The number of nitrogens with zero attached hydrogens (tertiary/aromatic N) is 3. The molecule has 0 unspecified atom stereocenters. The summed E-state index contributed by atoms with van der Waals surface area (Å²) in [4.78, 5) is 35.4. The van der Waals surface area contributed by atoms with E-state index >= 15 is 0 Å². The molecule has 0 N–H and O–H groups in total. The van der Waals surface area contributed by atoms with Crippen LogP contribution in [-0.2, 0) is 4.79 Å². The Balaban J connectivity index is 2.54. The van der Waals surface area contributed by atoms with Crippen LogP contribution in [0.1, 0.15) is 0 Å². The van der Waals surface area contributed by atoms with E-state index in [1.165, 1.54) is 12.2 Å². The molecule has 22 heavy (non-hydrogen) atoms. The first kappa shape index (κ1) is 15.8. The lowest BCUT2D eigenvalue weighted by atomic mass is 10.1. The fraction of sp³-hybridized carbons (Fsp3) is 0. The molecule has 0 heterocycles. The number of Topliss-reactive ketones (excluding diaryl/α,β-unsaturated/α-hetero) is 1. The summed E-state index contributed by atoms with van der Waals surface area (Å²) in [7, 11) is 0. The van der Waals surface area contributed by atoms with Crippen molar-refractivity contribution in [3.05, 3.63) is 60.6 Å². The second-order valence-electron chi connectivity index (χ2n) is 4.04. The number of aliphatic imine (C=N–C) groups is 1.